The van der Waals surface area contributed by atoms with Crippen molar-refractivity contribution in [1.82, 2.24) is 15.0 Å². The summed E-state index contributed by atoms with van der Waals surface area (Å²) >= 11 is 0. The molecule has 0 aliphatic rings. The third kappa shape index (κ3) is 3.62. The summed E-state index contributed by atoms with van der Waals surface area (Å²) in [6.07, 6.45) is 0.804. The van der Waals surface area contributed by atoms with E-state index in [1.165, 1.54) is 0 Å². The van der Waals surface area contributed by atoms with Gasteiger partial charge in [0.25, 0.3) is 0 Å². The number of nitrogens with zero attached hydrogens (tertiary/aromatic N) is 3. The standard InChI is InChI=1S/C14H19N3O2/c1-14(2,3)19-10-13(18)12-9-15-16-17(12)11-7-5-4-6-8-11/h4-9,13,18H,10H2,1-3H3. The van der Waals surface area contributed by atoms with Crippen molar-refractivity contribution in [2.75, 3.05) is 6.61 Å². The Labute approximate surface area is 112 Å². The Morgan fingerprint density at radius 3 is 2.58 bits per heavy atom. The van der Waals surface area contributed by atoms with Crippen LogP contribution in [0.3, 0.4) is 0 Å². The Kier molecular flexibility index (Phi) is 3.97. The first-order valence-electron chi connectivity index (χ1n) is 6.25. The predicted octanol–water partition coefficient (Wildman–Crippen LogP) is 2.12. The van der Waals surface area contributed by atoms with Crippen LogP contribution in [0.25, 0.3) is 5.69 Å². The van der Waals surface area contributed by atoms with E-state index in [-0.39, 0.29) is 12.2 Å². The molecule has 0 saturated heterocycles. The number of ether oxygens (including phenoxy) is 1. The van der Waals surface area contributed by atoms with Crippen molar-refractivity contribution in [3.05, 3.63) is 42.2 Å². The quantitative estimate of drug-likeness (QED) is 0.915. The lowest BCUT2D eigenvalue weighted by Gasteiger charge is -2.22. The van der Waals surface area contributed by atoms with Crippen LogP contribution in [0.1, 0.15) is 32.6 Å². The van der Waals surface area contributed by atoms with Crippen molar-refractivity contribution in [2.45, 2.75) is 32.5 Å². The van der Waals surface area contributed by atoms with E-state index in [0.717, 1.165) is 5.69 Å². The van der Waals surface area contributed by atoms with E-state index < -0.39 is 6.10 Å². The normalized spacial score (nSPS) is 13.5. The minimum atomic E-state index is -0.755. The van der Waals surface area contributed by atoms with Crippen molar-refractivity contribution >= 4 is 0 Å². The van der Waals surface area contributed by atoms with Gasteiger partial charge in [-0.05, 0) is 32.9 Å². The molecule has 0 aliphatic carbocycles. The monoisotopic (exact) mass is 261 g/mol. The van der Waals surface area contributed by atoms with Crippen molar-refractivity contribution in [3.8, 4) is 5.69 Å². The summed E-state index contributed by atoms with van der Waals surface area (Å²) in [5.74, 6) is 0. The lowest BCUT2D eigenvalue weighted by atomic mass is 10.2. The average Bonchev–Trinajstić information content (AvgIpc) is 2.85. The number of aromatic nitrogens is 3. The van der Waals surface area contributed by atoms with Gasteiger partial charge >= 0.3 is 0 Å². The number of benzene rings is 1. The van der Waals surface area contributed by atoms with E-state index in [2.05, 4.69) is 10.3 Å². The van der Waals surface area contributed by atoms with Gasteiger partial charge in [-0.25, -0.2) is 4.68 Å². The molecule has 1 N–H and O–H groups in total. The highest BCUT2D eigenvalue weighted by Gasteiger charge is 2.19. The van der Waals surface area contributed by atoms with E-state index in [4.69, 9.17) is 4.74 Å². The zero-order chi connectivity index (χ0) is 13.9. The topological polar surface area (TPSA) is 60.2 Å². The van der Waals surface area contributed by atoms with E-state index in [0.29, 0.717) is 5.69 Å². The molecule has 2 aromatic rings. The van der Waals surface area contributed by atoms with Gasteiger partial charge in [0.2, 0.25) is 0 Å². The minimum absolute atomic E-state index is 0.212. The number of hydrogen-bond donors (Lipinski definition) is 1. The summed E-state index contributed by atoms with van der Waals surface area (Å²) in [6, 6.07) is 9.59. The maximum Gasteiger partial charge on any atom is 0.121 e. The summed E-state index contributed by atoms with van der Waals surface area (Å²) in [7, 11) is 0. The largest absolute Gasteiger partial charge is 0.384 e. The molecule has 0 spiro atoms. The molecule has 0 amide bonds. The molecule has 2 rings (SSSR count). The summed E-state index contributed by atoms with van der Waals surface area (Å²) in [4.78, 5) is 0. The van der Waals surface area contributed by atoms with Crippen LogP contribution in [0.2, 0.25) is 0 Å². The van der Waals surface area contributed by atoms with Gasteiger partial charge in [-0.1, -0.05) is 23.4 Å². The molecular weight excluding hydrogens is 242 g/mol. The Morgan fingerprint density at radius 1 is 1.26 bits per heavy atom. The molecule has 1 aromatic heterocycles. The van der Waals surface area contributed by atoms with Gasteiger partial charge in [0.05, 0.1) is 29.8 Å². The number of para-hydroxylation sites is 1. The van der Waals surface area contributed by atoms with Crippen molar-refractivity contribution in [2.24, 2.45) is 0 Å². The zero-order valence-electron chi connectivity index (χ0n) is 11.4. The van der Waals surface area contributed by atoms with Crippen LogP contribution >= 0.6 is 0 Å². The SMILES string of the molecule is CC(C)(C)OCC(O)c1cnnn1-c1ccccc1. The lowest BCUT2D eigenvalue weighted by Crippen LogP contribution is -2.23. The molecule has 102 valence electrons. The Hall–Kier alpha value is -1.72. The molecular formula is C14H19N3O2. The maximum atomic E-state index is 10.2. The molecule has 0 saturated carbocycles. The first-order valence-corrected chi connectivity index (χ1v) is 6.25. The molecule has 0 bridgehead atoms. The molecule has 1 unspecified atom stereocenters. The zero-order valence-corrected chi connectivity index (χ0v) is 11.4. The van der Waals surface area contributed by atoms with Gasteiger partial charge in [-0.2, -0.15) is 0 Å². The summed E-state index contributed by atoms with van der Waals surface area (Å²) in [6.45, 7) is 6.06. The third-order valence-electron chi connectivity index (χ3n) is 2.59. The molecule has 0 radical (unpaired) electrons. The highest BCUT2D eigenvalue weighted by atomic mass is 16.5. The van der Waals surface area contributed by atoms with Crippen LogP contribution in [0.15, 0.2) is 36.5 Å². The van der Waals surface area contributed by atoms with E-state index in [1.807, 2.05) is 51.1 Å². The van der Waals surface area contributed by atoms with Gasteiger partial charge in [0.15, 0.2) is 0 Å². The van der Waals surface area contributed by atoms with E-state index in [1.54, 1.807) is 10.9 Å². The van der Waals surface area contributed by atoms with Gasteiger partial charge in [0, 0.05) is 0 Å². The third-order valence-corrected chi connectivity index (χ3v) is 2.59. The second-order valence-corrected chi connectivity index (χ2v) is 5.35. The fraction of sp³-hybridized carbons (Fsp3) is 0.429. The van der Waals surface area contributed by atoms with Crippen LogP contribution in [-0.2, 0) is 4.74 Å². The van der Waals surface area contributed by atoms with Gasteiger partial charge in [-0.3, -0.25) is 0 Å². The van der Waals surface area contributed by atoms with Crippen LogP contribution in [0, 0.1) is 0 Å². The average molecular weight is 261 g/mol. The van der Waals surface area contributed by atoms with Crippen molar-refractivity contribution in [1.29, 1.82) is 0 Å². The smallest absolute Gasteiger partial charge is 0.121 e. The molecule has 5 heteroatoms. The van der Waals surface area contributed by atoms with Gasteiger partial charge < -0.3 is 9.84 Å². The molecule has 0 fully saturated rings. The Balaban J connectivity index is 2.16. The second kappa shape index (κ2) is 5.50. The minimum Gasteiger partial charge on any atom is -0.384 e. The molecule has 0 aliphatic heterocycles. The lowest BCUT2D eigenvalue weighted by molar-refractivity contribution is -0.0512. The van der Waals surface area contributed by atoms with Gasteiger partial charge in [-0.15, -0.1) is 5.10 Å². The fourth-order valence-electron chi connectivity index (χ4n) is 1.65. The van der Waals surface area contributed by atoms with Crippen molar-refractivity contribution in [3.63, 3.8) is 0 Å². The van der Waals surface area contributed by atoms with Crippen LogP contribution in [0.5, 0.6) is 0 Å². The van der Waals surface area contributed by atoms with Gasteiger partial charge in [0.1, 0.15) is 6.10 Å². The molecule has 1 atom stereocenters. The second-order valence-electron chi connectivity index (χ2n) is 5.35. The first-order chi connectivity index (χ1) is 8.97. The van der Waals surface area contributed by atoms with Crippen LogP contribution in [0.4, 0.5) is 0 Å². The Bertz CT molecular complexity index is 517. The first kappa shape index (κ1) is 13.7. The Morgan fingerprint density at radius 2 is 1.95 bits per heavy atom. The highest BCUT2D eigenvalue weighted by Crippen LogP contribution is 2.18. The number of hydrogen-bond acceptors (Lipinski definition) is 4. The highest BCUT2D eigenvalue weighted by molar-refractivity contribution is 5.31. The van der Waals surface area contributed by atoms with E-state index >= 15 is 0 Å². The van der Waals surface area contributed by atoms with Crippen molar-refractivity contribution < 1.29 is 9.84 Å². The molecule has 1 heterocycles. The molecule has 5 nitrogen and oxygen atoms in total. The number of aliphatic hydroxyl groups excluding tert-OH is 1. The molecule has 19 heavy (non-hydrogen) atoms. The summed E-state index contributed by atoms with van der Waals surface area (Å²) in [5, 5.41) is 18.1. The maximum absolute atomic E-state index is 10.2. The molecule has 1 aromatic carbocycles. The van der Waals surface area contributed by atoms with Crippen LogP contribution in [-0.4, -0.2) is 32.3 Å². The predicted molar refractivity (Wildman–Crippen MR) is 72.0 cm³/mol. The number of rotatable bonds is 4. The summed E-state index contributed by atoms with van der Waals surface area (Å²) < 4.78 is 7.21. The summed E-state index contributed by atoms with van der Waals surface area (Å²) in [5.41, 5.74) is 1.20. The van der Waals surface area contributed by atoms with Crippen LogP contribution < -0.4 is 0 Å². The van der Waals surface area contributed by atoms with E-state index in [9.17, 15) is 5.11 Å². The fourth-order valence-corrected chi connectivity index (χ4v) is 1.65. The number of aliphatic hydroxyl groups is 1.